The summed E-state index contributed by atoms with van der Waals surface area (Å²) in [4.78, 5) is 23.6. The van der Waals surface area contributed by atoms with Gasteiger partial charge in [0, 0.05) is 6.42 Å². The molecule has 0 atom stereocenters. The molecule has 1 aromatic rings. The van der Waals surface area contributed by atoms with Crippen LogP contribution in [0.2, 0.25) is 0 Å². The molecule has 0 saturated heterocycles. The Morgan fingerprint density at radius 1 is 1.10 bits per heavy atom. The first-order valence-corrected chi connectivity index (χ1v) is 6.01. The van der Waals surface area contributed by atoms with Crippen LogP contribution in [0.25, 0.3) is 0 Å². The van der Waals surface area contributed by atoms with Crippen LogP contribution in [-0.2, 0) is 19.1 Å². The number of ether oxygens (including phenoxy) is 3. The van der Waals surface area contributed by atoms with Gasteiger partial charge in [0.15, 0.2) is 5.41 Å². The number of carbonyl (C=O) groups is 2. The van der Waals surface area contributed by atoms with E-state index in [-0.39, 0.29) is 12.2 Å². The molecule has 1 rings (SSSR count). The van der Waals surface area contributed by atoms with E-state index in [1.54, 1.807) is 12.1 Å². The second-order valence-electron chi connectivity index (χ2n) is 4.45. The first-order valence-electron chi connectivity index (χ1n) is 6.01. The molecule has 0 aliphatic rings. The maximum absolute atomic E-state index is 11.8. The first kappa shape index (κ1) is 15.8. The lowest BCUT2D eigenvalue weighted by atomic mass is 9.86. The largest absolute Gasteiger partial charge is 0.468 e. The Bertz CT molecular complexity index is 476. The molecule has 1 aromatic carbocycles. The van der Waals surface area contributed by atoms with Crippen LogP contribution in [0.1, 0.15) is 13.3 Å². The van der Waals surface area contributed by atoms with Crippen LogP contribution in [-0.4, -0.2) is 26.2 Å². The van der Waals surface area contributed by atoms with E-state index in [9.17, 15) is 9.59 Å². The molecule has 0 aliphatic carbocycles. The summed E-state index contributed by atoms with van der Waals surface area (Å²) in [6, 6.07) is 8.96. The lowest BCUT2D eigenvalue weighted by Gasteiger charge is -2.24. The molecule has 0 aromatic heterocycles. The van der Waals surface area contributed by atoms with Crippen molar-refractivity contribution in [3.8, 4) is 5.75 Å². The zero-order valence-corrected chi connectivity index (χ0v) is 11.8. The van der Waals surface area contributed by atoms with Crippen molar-refractivity contribution in [2.45, 2.75) is 13.3 Å². The van der Waals surface area contributed by atoms with E-state index in [1.807, 2.05) is 18.2 Å². The van der Waals surface area contributed by atoms with Crippen LogP contribution in [0, 0.1) is 5.41 Å². The number of hydrogen-bond acceptors (Lipinski definition) is 5. The molecule has 5 nitrogen and oxygen atoms in total. The standard InChI is InChI=1S/C15H18O5/c1-11(20-12-8-6-5-7-9-12)10-15(2,13(16)18-3)14(17)19-4/h5-9H,1,10H2,2-4H3. The third-order valence-corrected chi connectivity index (χ3v) is 2.83. The first-order chi connectivity index (χ1) is 9.43. The molecule has 0 bridgehead atoms. The Balaban J connectivity index is 2.83. The topological polar surface area (TPSA) is 61.8 Å². The van der Waals surface area contributed by atoms with Crippen molar-refractivity contribution in [2.75, 3.05) is 14.2 Å². The highest BCUT2D eigenvalue weighted by Crippen LogP contribution is 2.29. The number of carbonyl (C=O) groups excluding carboxylic acids is 2. The van der Waals surface area contributed by atoms with Crippen molar-refractivity contribution in [2.24, 2.45) is 5.41 Å². The van der Waals surface area contributed by atoms with Gasteiger partial charge in [0.05, 0.1) is 20.0 Å². The van der Waals surface area contributed by atoms with Gasteiger partial charge in [-0.1, -0.05) is 24.8 Å². The number of esters is 2. The summed E-state index contributed by atoms with van der Waals surface area (Å²) in [7, 11) is 2.43. The van der Waals surface area contributed by atoms with Gasteiger partial charge in [-0.2, -0.15) is 0 Å². The molecule has 0 amide bonds. The number of allylic oxidation sites excluding steroid dienone is 1. The normalized spacial score (nSPS) is 10.6. The maximum atomic E-state index is 11.8. The fourth-order valence-corrected chi connectivity index (χ4v) is 1.76. The van der Waals surface area contributed by atoms with Crippen LogP contribution in [0.4, 0.5) is 0 Å². The zero-order valence-electron chi connectivity index (χ0n) is 11.8. The maximum Gasteiger partial charge on any atom is 0.323 e. The van der Waals surface area contributed by atoms with Gasteiger partial charge in [-0.15, -0.1) is 0 Å². The monoisotopic (exact) mass is 278 g/mol. The predicted octanol–water partition coefficient (Wildman–Crippen LogP) is 2.32. The van der Waals surface area contributed by atoms with E-state index in [4.69, 9.17) is 4.74 Å². The van der Waals surface area contributed by atoms with Gasteiger partial charge in [-0.05, 0) is 19.1 Å². The summed E-state index contributed by atoms with van der Waals surface area (Å²) >= 11 is 0. The molecule has 0 unspecified atom stereocenters. The molecule has 0 saturated carbocycles. The minimum Gasteiger partial charge on any atom is -0.468 e. The summed E-state index contributed by atoms with van der Waals surface area (Å²) < 4.78 is 14.8. The highest BCUT2D eigenvalue weighted by Gasteiger charge is 2.44. The van der Waals surface area contributed by atoms with Gasteiger partial charge in [0.2, 0.25) is 0 Å². The number of methoxy groups -OCH3 is 2. The minimum atomic E-state index is -1.48. The highest BCUT2D eigenvalue weighted by atomic mass is 16.5. The Morgan fingerprint density at radius 2 is 1.60 bits per heavy atom. The average molecular weight is 278 g/mol. The molecule has 0 heterocycles. The smallest absolute Gasteiger partial charge is 0.323 e. The third-order valence-electron chi connectivity index (χ3n) is 2.83. The molecular formula is C15H18O5. The van der Waals surface area contributed by atoms with Crippen LogP contribution in [0.15, 0.2) is 42.7 Å². The Hall–Kier alpha value is -2.30. The Morgan fingerprint density at radius 3 is 2.05 bits per heavy atom. The van der Waals surface area contributed by atoms with Gasteiger partial charge in [-0.25, -0.2) is 0 Å². The van der Waals surface area contributed by atoms with Crippen LogP contribution in [0.5, 0.6) is 5.75 Å². The summed E-state index contributed by atoms with van der Waals surface area (Å²) in [6.07, 6.45) is -0.0265. The number of para-hydroxylation sites is 1. The molecule has 20 heavy (non-hydrogen) atoms. The number of benzene rings is 1. The lowest BCUT2D eigenvalue weighted by Crippen LogP contribution is -2.39. The van der Waals surface area contributed by atoms with E-state index in [0.717, 1.165) is 0 Å². The van der Waals surface area contributed by atoms with Crippen molar-refractivity contribution in [1.82, 2.24) is 0 Å². The number of rotatable bonds is 6. The van der Waals surface area contributed by atoms with Crippen LogP contribution < -0.4 is 4.74 Å². The SMILES string of the molecule is C=C(CC(C)(C(=O)OC)C(=O)OC)Oc1ccccc1. The van der Waals surface area contributed by atoms with Gasteiger partial charge in [0.25, 0.3) is 0 Å². The van der Waals surface area contributed by atoms with Gasteiger partial charge in [0.1, 0.15) is 5.75 Å². The summed E-state index contributed by atoms with van der Waals surface area (Å²) in [5, 5.41) is 0. The van der Waals surface area contributed by atoms with E-state index in [2.05, 4.69) is 16.1 Å². The van der Waals surface area contributed by atoms with Crippen LogP contribution >= 0.6 is 0 Å². The van der Waals surface area contributed by atoms with Gasteiger partial charge >= 0.3 is 11.9 Å². The quantitative estimate of drug-likeness (QED) is 0.454. The zero-order chi connectivity index (χ0) is 15.2. The molecule has 0 radical (unpaired) electrons. The average Bonchev–Trinajstić information content (AvgIpc) is 2.46. The van der Waals surface area contributed by atoms with Gasteiger partial charge < -0.3 is 14.2 Å². The minimum absolute atomic E-state index is 0.0265. The van der Waals surface area contributed by atoms with E-state index >= 15 is 0 Å². The fraction of sp³-hybridized carbons (Fsp3) is 0.333. The van der Waals surface area contributed by atoms with Crippen LogP contribution in [0.3, 0.4) is 0 Å². The fourth-order valence-electron chi connectivity index (χ4n) is 1.76. The van der Waals surface area contributed by atoms with E-state index in [1.165, 1.54) is 21.1 Å². The molecule has 0 N–H and O–H groups in total. The summed E-state index contributed by atoms with van der Waals surface area (Å²) in [5.74, 6) is -0.534. The van der Waals surface area contributed by atoms with Crippen molar-refractivity contribution in [3.05, 3.63) is 42.7 Å². The molecule has 5 heteroatoms. The second kappa shape index (κ2) is 6.75. The van der Waals surface area contributed by atoms with Crippen molar-refractivity contribution >= 4 is 11.9 Å². The molecule has 0 fully saturated rings. The molecule has 0 aliphatic heterocycles. The van der Waals surface area contributed by atoms with E-state index in [0.29, 0.717) is 5.75 Å². The Kier molecular flexibility index (Phi) is 5.32. The number of hydrogen-bond donors (Lipinski definition) is 0. The molecule has 108 valence electrons. The van der Waals surface area contributed by atoms with E-state index < -0.39 is 17.4 Å². The summed E-state index contributed by atoms with van der Waals surface area (Å²) in [6.45, 7) is 5.17. The second-order valence-corrected chi connectivity index (χ2v) is 4.45. The van der Waals surface area contributed by atoms with Crippen molar-refractivity contribution < 1.29 is 23.8 Å². The Labute approximate surface area is 118 Å². The molecular weight excluding hydrogens is 260 g/mol. The predicted molar refractivity (Wildman–Crippen MR) is 73.0 cm³/mol. The lowest BCUT2D eigenvalue weighted by molar-refractivity contribution is -0.168. The van der Waals surface area contributed by atoms with Crippen molar-refractivity contribution in [3.63, 3.8) is 0 Å². The molecule has 0 spiro atoms. The third kappa shape index (κ3) is 3.60. The van der Waals surface area contributed by atoms with Gasteiger partial charge in [-0.3, -0.25) is 9.59 Å². The summed E-state index contributed by atoms with van der Waals surface area (Å²) in [5.41, 5.74) is -1.48. The van der Waals surface area contributed by atoms with Crippen molar-refractivity contribution in [1.29, 1.82) is 0 Å². The highest BCUT2D eigenvalue weighted by molar-refractivity contribution is 5.99.